The molecule has 0 unspecified atom stereocenters. The molecule has 1 heterocycles. The molecule has 2 rings (SSSR count). The van der Waals surface area contributed by atoms with Crippen LogP contribution in [0.4, 0.5) is 11.4 Å². The zero-order chi connectivity index (χ0) is 15.4. The van der Waals surface area contributed by atoms with Crippen LogP contribution in [0.25, 0.3) is 0 Å². The van der Waals surface area contributed by atoms with Crippen LogP contribution >= 0.6 is 0 Å². The van der Waals surface area contributed by atoms with E-state index >= 15 is 0 Å². The molecule has 0 atom stereocenters. The second kappa shape index (κ2) is 6.33. The van der Waals surface area contributed by atoms with Crippen LogP contribution in [0.2, 0.25) is 0 Å². The molecular weight excluding hydrogens is 272 g/mol. The van der Waals surface area contributed by atoms with Crippen LogP contribution in [0.3, 0.4) is 0 Å². The van der Waals surface area contributed by atoms with E-state index in [1.165, 1.54) is 6.07 Å². The average Bonchev–Trinajstić information content (AvgIpc) is 2.83. The lowest BCUT2D eigenvalue weighted by Gasteiger charge is -2.16. The molecule has 0 saturated carbocycles. The molecular formula is C13H18N6O2. The molecule has 3 N–H and O–H groups in total. The van der Waals surface area contributed by atoms with E-state index in [4.69, 9.17) is 5.84 Å². The molecule has 0 spiro atoms. The van der Waals surface area contributed by atoms with Crippen molar-refractivity contribution in [3.8, 4) is 0 Å². The number of anilines is 1. The zero-order valence-electron chi connectivity index (χ0n) is 12.0. The maximum Gasteiger partial charge on any atom is 0.293 e. The Labute approximate surface area is 122 Å². The number of benzene rings is 1. The molecule has 0 fully saturated rings. The van der Waals surface area contributed by atoms with Crippen molar-refractivity contribution < 1.29 is 4.92 Å². The van der Waals surface area contributed by atoms with Crippen molar-refractivity contribution in [3.63, 3.8) is 0 Å². The molecule has 0 bridgehead atoms. The first kappa shape index (κ1) is 14.9. The first-order valence-electron chi connectivity index (χ1n) is 6.39. The number of nitrogens with two attached hydrogens (primary N) is 1. The third-order valence-corrected chi connectivity index (χ3v) is 3.08. The van der Waals surface area contributed by atoms with Gasteiger partial charge < -0.3 is 5.43 Å². The highest BCUT2D eigenvalue weighted by Gasteiger charge is 2.14. The van der Waals surface area contributed by atoms with Crippen molar-refractivity contribution in [3.05, 3.63) is 51.8 Å². The lowest BCUT2D eigenvalue weighted by molar-refractivity contribution is -0.384. The fraction of sp³-hybridized carbons (Fsp3) is 0.308. The fourth-order valence-corrected chi connectivity index (χ4v) is 2.18. The topological polar surface area (TPSA) is 102 Å². The standard InChI is InChI=1S/C13H18N6O2/c1-17(8-11-6-15-18(2)9-11)7-10-3-4-12(16-14)13(5-10)19(20)21/h3-6,9,16H,7-8,14H2,1-2H3. The van der Waals surface area contributed by atoms with Crippen molar-refractivity contribution in [2.24, 2.45) is 12.9 Å². The summed E-state index contributed by atoms with van der Waals surface area (Å²) in [6.45, 7) is 1.32. The molecule has 1 aromatic heterocycles. The van der Waals surface area contributed by atoms with Gasteiger partial charge in [0.25, 0.3) is 5.69 Å². The number of nitrogen functional groups attached to an aromatic ring is 1. The predicted octanol–water partition coefficient (Wildman–Crippen LogP) is 1.25. The van der Waals surface area contributed by atoms with Crippen molar-refractivity contribution in [2.75, 3.05) is 12.5 Å². The number of rotatable bonds is 6. The first-order valence-corrected chi connectivity index (χ1v) is 6.39. The summed E-state index contributed by atoms with van der Waals surface area (Å²) in [5.74, 6) is 5.27. The highest BCUT2D eigenvalue weighted by atomic mass is 16.6. The minimum Gasteiger partial charge on any atom is -0.318 e. The largest absolute Gasteiger partial charge is 0.318 e. The van der Waals surface area contributed by atoms with Crippen molar-refractivity contribution >= 4 is 11.4 Å². The average molecular weight is 290 g/mol. The summed E-state index contributed by atoms with van der Waals surface area (Å²) in [5.41, 5.74) is 4.56. The minimum atomic E-state index is -0.445. The molecule has 0 radical (unpaired) electrons. The molecule has 8 heteroatoms. The number of nitro benzene ring substituents is 1. The van der Waals surface area contributed by atoms with Crippen LogP contribution in [-0.2, 0) is 20.1 Å². The highest BCUT2D eigenvalue weighted by molar-refractivity contribution is 5.61. The second-order valence-corrected chi connectivity index (χ2v) is 4.95. The van der Waals surface area contributed by atoms with Gasteiger partial charge in [0.15, 0.2) is 0 Å². The predicted molar refractivity (Wildman–Crippen MR) is 79.3 cm³/mol. The van der Waals surface area contributed by atoms with Gasteiger partial charge in [-0.3, -0.25) is 25.5 Å². The van der Waals surface area contributed by atoms with Gasteiger partial charge in [-0.05, 0) is 18.7 Å². The number of hydrogen-bond acceptors (Lipinski definition) is 6. The van der Waals surface area contributed by atoms with Gasteiger partial charge in [-0.1, -0.05) is 6.07 Å². The van der Waals surface area contributed by atoms with Crippen molar-refractivity contribution in [2.45, 2.75) is 13.1 Å². The van der Waals surface area contributed by atoms with E-state index in [-0.39, 0.29) is 5.69 Å². The summed E-state index contributed by atoms with van der Waals surface area (Å²) >= 11 is 0. The van der Waals surface area contributed by atoms with Crippen LogP contribution < -0.4 is 11.3 Å². The van der Waals surface area contributed by atoms with Gasteiger partial charge in [0.1, 0.15) is 5.69 Å². The van der Waals surface area contributed by atoms with Gasteiger partial charge in [-0.15, -0.1) is 0 Å². The van der Waals surface area contributed by atoms with Gasteiger partial charge in [0.05, 0.1) is 11.1 Å². The summed E-state index contributed by atoms with van der Waals surface area (Å²) in [6, 6.07) is 4.97. The molecule has 2 aromatic rings. The number of aryl methyl sites for hydroxylation is 1. The maximum absolute atomic E-state index is 11.0. The summed E-state index contributed by atoms with van der Waals surface area (Å²) in [4.78, 5) is 12.6. The van der Waals surface area contributed by atoms with E-state index in [1.807, 2.05) is 26.4 Å². The molecule has 0 amide bonds. The molecule has 0 aliphatic carbocycles. The molecule has 0 saturated heterocycles. The maximum atomic E-state index is 11.0. The number of nitrogens with one attached hydrogen (secondary N) is 1. The van der Waals surface area contributed by atoms with E-state index in [0.29, 0.717) is 12.2 Å². The van der Waals surface area contributed by atoms with Gasteiger partial charge >= 0.3 is 0 Å². The SMILES string of the molecule is CN(Cc1ccc(NN)c([N+](=O)[O-])c1)Cc1cnn(C)c1. The second-order valence-electron chi connectivity index (χ2n) is 4.95. The Balaban J connectivity index is 2.08. The Hall–Kier alpha value is -2.45. The van der Waals surface area contributed by atoms with Gasteiger partial charge in [0.2, 0.25) is 0 Å². The van der Waals surface area contributed by atoms with Crippen LogP contribution in [0.15, 0.2) is 30.6 Å². The van der Waals surface area contributed by atoms with E-state index in [0.717, 1.165) is 17.7 Å². The lowest BCUT2D eigenvalue weighted by atomic mass is 10.1. The number of nitrogens with zero attached hydrogens (tertiary/aromatic N) is 4. The minimum absolute atomic E-state index is 0.0234. The zero-order valence-corrected chi connectivity index (χ0v) is 12.0. The Morgan fingerprint density at radius 1 is 1.43 bits per heavy atom. The van der Waals surface area contributed by atoms with Crippen LogP contribution in [0.5, 0.6) is 0 Å². The Morgan fingerprint density at radius 3 is 2.71 bits per heavy atom. The molecule has 0 aliphatic heterocycles. The Bertz CT molecular complexity index is 639. The smallest absolute Gasteiger partial charge is 0.293 e. The molecule has 0 aliphatic rings. The van der Waals surface area contributed by atoms with E-state index < -0.39 is 4.92 Å². The third kappa shape index (κ3) is 3.77. The fourth-order valence-electron chi connectivity index (χ4n) is 2.18. The normalized spacial score (nSPS) is 10.9. The number of nitro groups is 1. The number of aromatic nitrogens is 2. The monoisotopic (exact) mass is 290 g/mol. The summed E-state index contributed by atoms with van der Waals surface area (Å²) in [7, 11) is 3.82. The first-order chi connectivity index (χ1) is 9.99. The number of hydrazine groups is 1. The quantitative estimate of drug-likeness (QED) is 0.471. The summed E-state index contributed by atoms with van der Waals surface area (Å²) in [5, 5.41) is 15.1. The van der Waals surface area contributed by atoms with E-state index in [2.05, 4.69) is 15.4 Å². The van der Waals surface area contributed by atoms with Gasteiger partial charge in [0, 0.05) is 38.0 Å². The third-order valence-electron chi connectivity index (χ3n) is 3.08. The lowest BCUT2D eigenvalue weighted by Crippen LogP contribution is -2.17. The van der Waals surface area contributed by atoms with Gasteiger partial charge in [-0.25, -0.2) is 0 Å². The highest BCUT2D eigenvalue weighted by Crippen LogP contribution is 2.25. The summed E-state index contributed by atoms with van der Waals surface area (Å²) < 4.78 is 1.75. The van der Waals surface area contributed by atoms with E-state index in [1.54, 1.807) is 16.9 Å². The van der Waals surface area contributed by atoms with Crippen molar-refractivity contribution in [1.82, 2.24) is 14.7 Å². The molecule has 1 aromatic carbocycles. The number of hydrogen-bond donors (Lipinski definition) is 2. The Kier molecular flexibility index (Phi) is 4.51. The summed E-state index contributed by atoms with van der Waals surface area (Å²) in [6.07, 6.45) is 3.75. The van der Waals surface area contributed by atoms with E-state index in [9.17, 15) is 10.1 Å². The van der Waals surface area contributed by atoms with Crippen LogP contribution in [0.1, 0.15) is 11.1 Å². The molecule has 8 nitrogen and oxygen atoms in total. The van der Waals surface area contributed by atoms with Crippen LogP contribution in [0, 0.1) is 10.1 Å². The van der Waals surface area contributed by atoms with Crippen LogP contribution in [-0.4, -0.2) is 26.7 Å². The van der Waals surface area contributed by atoms with Crippen molar-refractivity contribution in [1.29, 1.82) is 0 Å². The molecule has 112 valence electrons. The Morgan fingerprint density at radius 2 is 2.14 bits per heavy atom. The van der Waals surface area contributed by atoms with Gasteiger partial charge in [-0.2, -0.15) is 5.10 Å². The molecule has 21 heavy (non-hydrogen) atoms.